The highest BCUT2D eigenvalue weighted by molar-refractivity contribution is 8.14. The Morgan fingerprint density at radius 2 is 1.91 bits per heavy atom. The van der Waals surface area contributed by atoms with Gasteiger partial charge in [-0.3, -0.25) is 4.79 Å². The smallest absolute Gasteiger partial charge is 0.316 e. The van der Waals surface area contributed by atoms with E-state index in [-0.39, 0.29) is 11.8 Å². The largest absolute Gasteiger partial charge is 0.465 e. The van der Waals surface area contributed by atoms with Crippen molar-refractivity contribution in [2.24, 2.45) is 0 Å². The normalized spacial score (nSPS) is 14.7. The van der Waals surface area contributed by atoms with Crippen LogP contribution in [0.15, 0.2) is 24.3 Å². The van der Waals surface area contributed by atoms with Crippen molar-refractivity contribution < 1.29 is 18.5 Å². The van der Waals surface area contributed by atoms with Crippen LogP contribution in [-0.4, -0.2) is 41.0 Å². The molecule has 3 nitrogen and oxygen atoms in total. The predicted octanol–water partition coefficient (Wildman–Crippen LogP) is 3.26. The molecule has 0 atom stereocenters. The maximum atomic E-state index is 13.0. The molecule has 2 rings (SSSR count). The number of halogens is 1. The summed E-state index contributed by atoms with van der Waals surface area (Å²) in [6, 6.07) is 6.59. The van der Waals surface area contributed by atoms with Gasteiger partial charge in [-0.25, -0.2) is 8.97 Å². The molecule has 1 aliphatic rings. The molecule has 0 aliphatic carbocycles. The van der Waals surface area contributed by atoms with Crippen molar-refractivity contribution in [3.8, 4) is 0 Å². The lowest BCUT2D eigenvalue weighted by atomic mass is 10.1. The monoisotopic (exact) mass is 324 g/mol. The summed E-state index contributed by atoms with van der Waals surface area (Å²) in [6.45, 7) is 4.30. The molecule has 0 amide bonds. The van der Waals surface area contributed by atoms with E-state index in [1.54, 1.807) is 11.8 Å². The molecule has 5 heteroatoms. The highest BCUT2D eigenvalue weighted by Gasteiger charge is 2.20. The minimum absolute atomic E-state index is 0.180. The van der Waals surface area contributed by atoms with Crippen LogP contribution in [0.1, 0.15) is 31.7 Å². The van der Waals surface area contributed by atoms with Crippen molar-refractivity contribution in [1.29, 1.82) is 0 Å². The zero-order valence-corrected chi connectivity index (χ0v) is 13.8. The minimum Gasteiger partial charge on any atom is -0.465 e. The van der Waals surface area contributed by atoms with Crippen molar-refractivity contribution in [3.05, 3.63) is 35.6 Å². The first-order valence-corrected chi connectivity index (χ1v) is 8.81. The topological polar surface area (TPSA) is 29.3 Å². The molecule has 0 spiro atoms. The Hall–Kier alpha value is -1.36. The van der Waals surface area contributed by atoms with Crippen LogP contribution in [0.25, 0.3) is 0 Å². The molecular weight excluding hydrogens is 301 g/mol. The fraction of sp³-hybridized carbons (Fsp3) is 0.529. The molecule has 0 bridgehead atoms. The second-order valence-corrected chi connectivity index (χ2v) is 6.39. The predicted molar refractivity (Wildman–Crippen MR) is 88.0 cm³/mol. The summed E-state index contributed by atoms with van der Waals surface area (Å²) < 4.78 is 20.4. The summed E-state index contributed by atoms with van der Waals surface area (Å²) in [4.78, 5) is 11.6. The lowest BCUT2D eigenvalue weighted by Gasteiger charge is -2.14. The van der Waals surface area contributed by atoms with E-state index < -0.39 is 0 Å². The Bertz CT molecular complexity index is 520. The van der Waals surface area contributed by atoms with Gasteiger partial charge in [-0.1, -0.05) is 23.9 Å². The summed E-state index contributed by atoms with van der Waals surface area (Å²) in [6.07, 6.45) is 4.38. The Kier molecular flexibility index (Phi) is 6.90. The number of piperidine rings is 1. The first kappa shape index (κ1) is 17.0. The van der Waals surface area contributed by atoms with Crippen LogP contribution in [0.2, 0.25) is 0 Å². The molecule has 1 saturated heterocycles. The van der Waals surface area contributed by atoms with Crippen molar-refractivity contribution in [3.63, 3.8) is 0 Å². The molecule has 22 heavy (non-hydrogen) atoms. The Balaban J connectivity index is 2.07. The molecular formula is C17H23FNO2S+. The number of carbonyl (C=O) groups excluding carboxylic acids is 1. The zero-order chi connectivity index (χ0) is 15.8. The van der Waals surface area contributed by atoms with Crippen LogP contribution in [0.4, 0.5) is 4.39 Å². The Morgan fingerprint density at radius 3 is 2.55 bits per heavy atom. The average Bonchev–Trinajstić information content (AvgIpc) is 2.54. The fourth-order valence-electron chi connectivity index (χ4n) is 2.52. The number of nitrogens with zero attached hydrogens (tertiary/aromatic N) is 1. The van der Waals surface area contributed by atoms with E-state index in [0.29, 0.717) is 12.4 Å². The van der Waals surface area contributed by atoms with Crippen LogP contribution in [0.3, 0.4) is 0 Å². The van der Waals surface area contributed by atoms with Crippen molar-refractivity contribution >= 4 is 22.8 Å². The number of benzene rings is 1. The van der Waals surface area contributed by atoms with Crippen LogP contribution < -0.4 is 0 Å². The molecule has 1 aromatic carbocycles. The van der Waals surface area contributed by atoms with E-state index in [2.05, 4.69) is 4.58 Å². The summed E-state index contributed by atoms with van der Waals surface area (Å²) in [7, 11) is 0. The third-order valence-electron chi connectivity index (χ3n) is 3.64. The number of thioether (sulfide) groups is 1. The molecule has 0 radical (unpaired) electrons. The highest BCUT2D eigenvalue weighted by Crippen LogP contribution is 2.15. The van der Waals surface area contributed by atoms with Crippen LogP contribution in [-0.2, 0) is 16.0 Å². The van der Waals surface area contributed by atoms with Gasteiger partial charge in [0.15, 0.2) is 0 Å². The van der Waals surface area contributed by atoms with Gasteiger partial charge in [0.05, 0.1) is 13.0 Å². The summed E-state index contributed by atoms with van der Waals surface area (Å²) in [5, 5.41) is 1.18. The molecule has 1 heterocycles. The van der Waals surface area contributed by atoms with E-state index >= 15 is 0 Å². The first-order chi connectivity index (χ1) is 10.7. The van der Waals surface area contributed by atoms with Gasteiger partial charge in [0.2, 0.25) is 5.04 Å². The lowest BCUT2D eigenvalue weighted by molar-refractivity contribution is -0.535. The van der Waals surface area contributed by atoms with Crippen molar-refractivity contribution in [1.82, 2.24) is 0 Å². The lowest BCUT2D eigenvalue weighted by Crippen LogP contribution is -2.27. The Morgan fingerprint density at radius 1 is 1.23 bits per heavy atom. The fourth-order valence-corrected chi connectivity index (χ4v) is 3.52. The van der Waals surface area contributed by atoms with Gasteiger partial charge in [-0.2, -0.15) is 0 Å². The van der Waals surface area contributed by atoms with E-state index in [1.165, 1.54) is 36.4 Å². The molecule has 1 aliphatic heterocycles. The van der Waals surface area contributed by atoms with Gasteiger partial charge < -0.3 is 4.74 Å². The third-order valence-corrected chi connectivity index (χ3v) is 4.76. The van der Waals surface area contributed by atoms with Gasteiger partial charge in [0.1, 0.15) is 24.7 Å². The molecule has 1 aromatic rings. The standard InChI is InChI=1S/C17H23FNO2S/c1-2-21-17(20)13-22-16(19-10-4-3-5-11-19)12-14-6-8-15(18)9-7-14/h6-9H,2-5,10-13H2,1H3/q+1. The molecule has 1 fully saturated rings. The van der Waals surface area contributed by atoms with Crippen LogP contribution in [0, 0.1) is 5.82 Å². The second kappa shape index (κ2) is 8.93. The third kappa shape index (κ3) is 5.44. The molecule has 0 aromatic heterocycles. The number of hydrogen-bond acceptors (Lipinski definition) is 3. The number of esters is 1. The number of carbonyl (C=O) groups is 1. The maximum Gasteiger partial charge on any atom is 0.316 e. The second-order valence-electron chi connectivity index (χ2n) is 5.34. The molecule has 0 N–H and O–H groups in total. The number of ether oxygens (including phenoxy) is 1. The van der Waals surface area contributed by atoms with Gasteiger partial charge >= 0.3 is 5.97 Å². The highest BCUT2D eigenvalue weighted by atomic mass is 32.2. The van der Waals surface area contributed by atoms with E-state index in [0.717, 1.165) is 25.1 Å². The quantitative estimate of drug-likeness (QED) is 0.473. The van der Waals surface area contributed by atoms with Gasteiger partial charge in [0, 0.05) is 12.8 Å². The molecule has 120 valence electrons. The SMILES string of the molecule is CCOC(=O)CSC(Cc1ccc(F)cc1)=[N+]1CCCCC1. The number of rotatable bonds is 5. The van der Waals surface area contributed by atoms with Crippen molar-refractivity contribution in [2.45, 2.75) is 32.6 Å². The van der Waals surface area contributed by atoms with E-state index in [9.17, 15) is 9.18 Å². The average molecular weight is 324 g/mol. The van der Waals surface area contributed by atoms with E-state index in [1.807, 2.05) is 19.1 Å². The van der Waals surface area contributed by atoms with Crippen molar-refractivity contribution in [2.75, 3.05) is 25.4 Å². The van der Waals surface area contributed by atoms with Gasteiger partial charge in [0.25, 0.3) is 0 Å². The summed E-state index contributed by atoms with van der Waals surface area (Å²) in [5.41, 5.74) is 1.07. The first-order valence-electron chi connectivity index (χ1n) is 7.82. The zero-order valence-electron chi connectivity index (χ0n) is 13.0. The molecule has 0 unspecified atom stereocenters. The maximum absolute atomic E-state index is 13.0. The van der Waals surface area contributed by atoms with Crippen LogP contribution in [0.5, 0.6) is 0 Å². The van der Waals surface area contributed by atoms with Crippen LogP contribution >= 0.6 is 11.8 Å². The summed E-state index contributed by atoms with van der Waals surface area (Å²) in [5.74, 6) is -0.0653. The van der Waals surface area contributed by atoms with E-state index in [4.69, 9.17) is 4.74 Å². The molecule has 0 saturated carbocycles. The van der Waals surface area contributed by atoms with Gasteiger partial charge in [-0.05, 0) is 31.0 Å². The Labute approximate surface area is 135 Å². The van der Waals surface area contributed by atoms with Gasteiger partial charge in [-0.15, -0.1) is 0 Å². The summed E-state index contributed by atoms with van der Waals surface area (Å²) >= 11 is 1.55. The number of hydrogen-bond donors (Lipinski definition) is 0. The minimum atomic E-state index is -0.220.